The number of aliphatic hydroxyl groups excluding tert-OH is 1. The number of aryl methyl sites for hydroxylation is 1. The number of aliphatic hydroxyl groups is 1. The minimum absolute atomic E-state index is 0. The van der Waals surface area contributed by atoms with E-state index in [4.69, 9.17) is 4.74 Å². The molecule has 1 saturated heterocycles. The molecule has 1 aliphatic heterocycles. The number of ether oxygens (including phenoxy) is 1. The Kier molecular flexibility index (Phi) is 7.58. The van der Waals surface area contributed by atoms with Crippen LogP contribution in [-0.4, -0.2) is 43.9 Å². The second kappa shape index (κ2) is 8.92. The third-order valence-corrected chi connectivity index (χ3v) is 3.72. The van der Waals surface area contributed by atoms with Crippen molar-refractivity contribution in [2.24, 2.45) is 5.92 Å². The van der Waals surface area contributed by atoms with Gasteiger partial charge in [0.15, 0.2) is 11.6 Å². The van der Waals surface area contributed by atoms with Crippen molar-refractivity contribution in [1.82, 2.24) is 10.6 Å². The Morgan fingerprint density at radius 1 is 1.50 bits per heavy atom. The first-order valence-corrected chi connectivity index (χ1v) is 7.08. The van der Waals surface area contributed by atoms with Crippen LogP contribution in [0.1, 0.15) is 12.0 Å². The van der Waals surface area contributed by atoms with Crippen molar-refractivity contribution in [3.05, 3.63) is 29.6 Å². The predicted octanol–water partition coefficient (Wildman–Crippen LogP) is 0.885. The molecule has 1 amide bonds. The zero-order valence-corrected chi connectivity index (χ0v) is 13.3. The fourth-order valence-electron chi connectivity index (χ4n) is 2.38. The second-order valence-electron chi connectivity index (χ2n) is 5.26. The highest BCUT2D eigenvalue weighted by Gasteiger charge is 2.24. The number of hydrogen-bond donors (Lipinski definition) is 3. The van der Waals surface area contributed by atoms with Crippen LogP contribution in [0, 0.1) is 11.7 Å². The Bertz CT molecular complexity index is 502. The normalized spacial score (nSPS) is 20.3. The Balaban J connectivity index is 0.00000242. The van der Waals surface area contributed by atoms with Crippen molar-refractivity contribution in [3.63, 3.8) is 0 Å². The van der Waals surface area contributed by atoms with Crippen LogP contribution in [0.5, 0.6) is 5.75 Å². The summed E-state index contributed by atoms with van der Waals surface area (Å²) in [5, 5.41) is 15.5. The van der Waals surface area contributed by atoms with Gasteiger partial charge in [-0.05, 0) is 24.1 Å². The van der Waals surface area contributed by atoms with Gasteiger partial charge in [0.25, 0.3) is 0 Å². The lowest BCUT2D eigenvalue weighted by Crippen LogP contribution is -2.34. The minimum Gasteiger partial charge on any atom is -0.494 e. The minimum atomic E-state index is -0.421. The highest BCUT2D eigenvalue weighted by atomic mass is 35.5. The molecule has 1 aliphatic rings. The Morgan fingerprint density at radius 3 is 2.86 bits per heavy atom. The fraction of sp³-hybridized carbons (Fsp3) is 0.533. The lowest BCUT2D eigenvalue weighted by molar-refractivity contribution is -0.121. The van der Waals surface area contributed by atoms with Crippen LogP contribution in [0.3, 0.4) is 0 Å². The van der Waals surface area contributed by atoms with E-state index in [1.165, 1.54) is 13.2 Å². The van der Waals surface area contributed by atoms with Gasteiger partial charge in [0, 0.05) is 32.0 Å². The number of benzene rings is 1. The van der Waals surface area contributed by atoms with E-state index in [0.717, 1.165) is 5.56 Å². The van der Waals surface area contributed by atoms with E-state index in [0.29, 0.717) is 32.5 Å². The molecule has 1 aromatic carbocycles. The molecule has 2 unspecified atom stereocenters. The maximum Gasteiger partial charge on any atom is 0.220 e. The first kappa shape index (κ1) is 18.7. The number of halogens is 2. The largest absolute Gasteiger partial charge is 0.494 e. The van der Waals surface area contributed by atoms with Crippen LogP contribution >= 0.6 is 12.4 Å². The van der Waals surface area contributed by atoms with Gasteiger partial charge in [-0.15, -0.1) is 12.4 Å². The zero-order valence-electron chi connectivity index (χ0n) is 12.5. The summed E-state index contributed by atoms with van der Waals surface area (Å²) in [4.78, 5) is 11.8. The van der Waals surface area contributed by atoms with E-state index in [1.807, 2.05) is 0 Å². The van der Waals surface area contributed by atoms with Crippen molar-refractivity contribution >= 4 is 18.3 Å². The number of carbonyl (C=O) groups is 1. The fourth-order valence-corrected chi connectivity index (χ4v) is 2.38. The Morgan fingerprint density at radius 2 is 2.27 bits per heavy atom. The summed E-state index contributed by atoms with van der Waals surface area (Å²) >= 11 is 0. The second-order valence-corrected chi connectivity index (χ2v) is 5.26. The first-order chi connectivity index (χ1) is 10.1. The molecule has 2 atom stereocenters. The molecule has 3 N–H and O–H groups in total. The average Bonchev–Trinajstić information content (AvgIpc) is 2.88. The number of methoxy groups -OCH3 is 1. The molecular formula is C15H22ClFN2O3. The molecular weight excluding hydrogens is 311 g/mol. The highest BCUT2D eigenvalue weighted by molar-refractivity contribution is 5.85. The maximum atomic E-state index is 13.5. The van der Waals surface area contributed by atoms with Crippen molar-refractivity contribution in [3.8, 4) is 5.75 Å². The molecule has 1 heterocycles. The van der Waals surface area contributed by atoms with Crippen molar-refractivity contribution in [1.29, 1.82) is 0 Å². The summed E-state index contributed by atoms with van der Waals surface area (Å²) in [7, 11) is 1.41. The maximum absolute atomic E-state index is 13.5. The predicted molar refractivity (Wildman–Crippen MR) is 83.9 cm³/mol. The Labute approximate surface area is 135 Å². The zero-order chi connectivity index (χ0) is 15.2. The van der Waals surface area contributed by atoms with Crippen molar-refractivity contribution in [2.75, 3.05) is 26.7 Å². The van der Waals surface area contributed by atoms with Crippen molar-refractivity contribution in [2.45, 2.75) is 18.9 Å². The van der Waals surface area contributed by atoms with Gasteiger partial charge >= 0.3 is 0 Å². The first-order valence-electron chi connectivity index (χ1n) is 7.08. The molecule has 0 spiro atoms. The lowest BCUT2D eigenvalue weighted by atomic mass is 10.1. The van der Waals surface area contributed by atoms with Gasteiger partial charge in [-0.2, -0.15) is 0 Å². The summed E-state index contributed by atoms with van der Waals surface area (Å²) in [5.74, 6) is -0.251. The molecule has 0 aliphatic carbocycles. The van der Waals surface area contributed by atoms with Gasteiger partial charge in [-0.3, -0.25) is 4.79 Å². The van der Waals surface area contributed by atoms with Crippen LogP contribution in [0.25, 0.3) is 0 Å². The number of hydrogen-bond acceptors (Lipinski definition) is 4. The van der Waals surface area contributed by atoms with E-state index in [2.05, 4.69) is 10.6 Å². The van der Waals surface area contributed by atoms with Gasteiger partial charge in [-0.1, -0.05) is 6.07 Å². The standard InChI is InChI=1S/C15H21FN2O3.ClH/c1-21-14-4-2-10(6-12(14)16)3-5-15(20)18-8-11-7-17-9-13(11)19;/h2,4,6,11,13,17,19H,3,5,7-9H2,1H3,(H,18,20);1H. The molecule has 7 heteroatoms. The molecule has 0 radical (unpaired) electrons. The quantitative estimate of drug-likeness (QED) is 0.723. The van der Waals surface area contributed by atoms with Gasteiger partial charge in [0.1, 0.15) is 0 Å². The van der Waals surface area contributed by atoms with Crippen LogP contribution < -0.4 is 15.4 Å². The van der Waals surface area contributed by atoms with Crippen LogP contribution in [-0.2, 0) is 11.2 Å². The van der Waals surface area contributed by atoms with Crippen molar-refractivity contribution < 1.29 is 19.0 Å². The van der Waals surface area contributed by atoms with Gasteiger partial charge in [0.2, 0.25) is 5.91 Å². The molecule has 1 fully saturated rings. The number of amides is 1. The number of β-amino-alcohol motifs (C(OH)–C–C–N with tert-alkyl or cyclic N) is 1. The molecule has 0 bridgehead atoms. The molecule has 0 saturated carbocycles. The van der Waals surface area contributed by atoms with Crippen LogP contribution in [0.15, 0.2) is 18.2 Å². The molecule has 1 aromatic rings. The third kappa shape index (κ3) is 5.12. The van der Waals surface area contributed by atoms with E-state index in [-0.39, 0.29) is 30.0 Å². The molecule has 0 aromatic heterocycles. The monoisotopic (exact) mass is 332 g/mol. The molecule has 2 rings (SSSR count). The van der Waals surface area contributed by atoms with E-state index in [9.17, 15) is 14.3 Å². The van der Waals surface area contributed by atoms with Crippen LogP contribution in [0.2, 0.25) is 0 Å². The summed E-state index contributed by atoms with van der Waals surface area (Å²) in [5.41, 5.74) is 0.756. The van der Waals surface area contributed by atoms with Gasteiger partial charge in [-0.25, -0.2) is 4.39 Å². The van der Waals surface area contributed by atoms with E-state index in [1.54, 1.807) is 12.1 Å². The van der Waals surface area contributed by atoms with Gasteiger partial charge in [0.05, 0.1) is 13.2 Å². The highest BCUT2D eigenvalue weighted by Crippen LogP contribution is 2.18. The van der Waals surface area contributed by atoms with E-state index < -0.39 is 11.9 Å². The molecule has 22 heavy (non-hydrogen) atoms. The van der Waals surface area contributed by atoms with Gasteiger partial charge < -0.3 is 20.5 Å². The summed E-state index contributed by atoms with van der Waals surface area (Å²) in [6.45, 7) is 1.75. The summed E-state index contributed by atoms with van der Waals surface area (Å²) in [6, 6.07) is 4.69. The molecule has 5 nitrogen and oxygen atoms in total. The topological polar surface area (TPSA) is 70.6 Å². The third-order valence-electron chi connectivity index (χ3n) is 3.72. The van der Waals surface area contributed by atoms with Crippen LogP contribution in [0.4, 0.5) is 4.39 Å². The number of carbonyl (C=O) groups excluding carboxylic acids is 1. The summed E-state index contributed by atoms with van der Waals surface area (Å²) in [6.07, 6.45) is 0.362. The molecule has 124 valence electrons. The lowest BCUT2D eigenvalue weighted by Gasteiger charge is -2.14. The smallest absolute Gasteiger partial charge is 0.220 e. The Hall–Kier alpha value is -1.37. The number of rotatable bonds is 6. The summed E-state index contributed by atoms with van der Waals surface area (Å²) < 4.78 is 18.4. The SMILES string of the molecule is COc1ccc(CCC(=O)NCC2CNCC2O)cc1F.Cl. The number of nitrogens with one attached hydrogen (secondary N) is 2. The van der Waals surface area contributed by atoms with E-state index >= 15 is 0 Å². The average molecular weight is 333 g/mol.